The maximum absolute atomic E-state index is 9.09. The summed E-state index contributed by atoms with van der Waals surface area (Å²) in [5.74, 6) is 0. The molecule has 1 spiro atoms. The zero-order valence-corrected chi connectivity index (χ0v) is 8.01. The highest BCUT2D eigenvalue weighted by Crippen LogP contribution is 2.21. The molecular weight excluding hydrogens is 196 g/mol. The predicted octanol–water partition coefficient (Wildman–Crippen LogP) is -1.76. The number of hydrogen-bond donors (Lipinski definition) is 2. The van der Waals surface area contributed by atoms with Crippen LogP contribution in [0.5, 0.6) is 0 Å². The zero-order valence-electron chi connectivity index (χ0n) is 7.01. The second kappa shape index (κ2) is 3.62. The molecule has 0 amide bonds. The average molecular weight is 208 g/mol. The van der Waals surface area contributed by atoms with Gasteiger partial charge in [-0.15, -0.1) is 0 Å². The third-order valence-electron chi connectivity index (χ3n) is 1.81. The van der Waals surface area contributed by atoms with Crippen molar-refractivity contribution >= 4 is 9.05 Å². The summed E-state index contributed by atoms with van der Waals surface area (Å²) in [5.41, 5.74) is 0. The number of rotatable bonds is 0. The fraction of sp³-hybridized carbons (Fsp3) is 1.00. The molecule has 0 aromatic carbocycles. The number of hydrogen-bond acceptors (Lipinski definition) is 6. The normalized spacial score (nSPS) is 46.6. The lowest BCUT2D eigenvalue weighted by Gasteiger charge is -2.37. The van der Waals surface area contributed by atoms with Crippen molar-refractivity contribution in [3.05, 3.63) is 0 Å². The second-order valence-corrected chi connectivity index (χ2v) is 5.21. The maximum atomic E-state index is 9.09. The van der Waals surface area contributed by atoms with E-state index < -0.39 is 21.3 Å². The van der Waals surface area contributed by atoms with Gasteiger partial charge in [-0.05, 0) is 0 Å². The highest BCUT2D eigenvalue weighted by atomic mass is 28.4. The average Bonchev–Trinajstić information content (AvgIpc) is 2.16. The van der Waals surface area contributed by atoms with Crippen molar-refractivity contribution < 1.29 is 27.9 Å². The lowest BCUT2D eigenvalue weighted by Crippen LogP contribution is -2.60. The largest absolute Gasteiger partial charge is 0.680 e. The first-order valence-corrected chi connectivity index (χ1v) is 5.75. The molecular formula is C6H12O6Si. The molecule has 13 heavy (non-hydrogen) atoms. The van der Waals surface area contributed by atoms with Gasteiger partial charge < -0.3 is 27.9 Å². The van der Waals surface area contributed by atoms with Crippen LogP contribution in [0.2, 0.25) is 0 Å². The van der Waals surface area contributed by atoms with E-state index in [0.717, 1.165) is 0 Å². The minimum Gasteiger partial charge on any atom is -0.388 e. The molecule has 2 heterocycles. The van der Waals surface area contributed by atoms with E-state index in [2.05, 4.69) is 0 Å². The quantitative estimate of drug-likeness (QED) is 0.459. The van der Waals surface area contributed by atoms with E-state index >= 15 is 0 Å². The van der Waals surface area contributed by atoms with Crippen LogP contribution in [0.25, 0.3) is 0 Å². The SMILES string of the molecule is OC1CO[Si]2(OC1)OCC(O)CO2. The number of aliphatic hydroxyl groups excluding tert-OH is 2. The Hall–Kier alpha value is -0.0231. The third kappa shape index (κ3) is 2.07. The van der Waals surface area contributed by atoms with Gasteiger partial charge in [-0.2, -0.15) is 0 Å². The summed E-state index contributed by atoms with van der Waals surface area (Å²) >= 11 is 0. The van der Waals surface area contributed by atoms with Crippen molar-refractivity contribution in [2.24, 2.45) is 0 Å². The van der Waals surface area contributed by atoms with Crippen LogP contribution >= 0.6 is 0 Å². The predicted molar refractivity (Wildman–Crippen MR) is 41.6 cm³/mol. The molecule has 0 saturated carbocycles. The first kappa shape index (κ1) is 9.53. The molecule has 0 aromatic heterocycles. The van der Waals surface area contributed by atoms with Crippen molar-refractivity contribution in [2.75, 3.05) is 26.4 Å². The van der Waals surface area contributed by atoms with Crippen LogP contribution < -0.4 is 0 Å². The molecule has 2 aliphatic rings. The van der Waals surface area contributed by atoms with E-state index in [-0.39, 0.29) is 26.4 Å². The van der Waals surface area contributed by atoms with E-state index in [1.165, 1.54) is 0 Å². The topological polar surface area (TPSA) is 77.4 Å². The Morgan fingerprint density at radius 3 is 1.38 bits per heavy atom. The molecule has 0 bridgehead atoms. The highest BCUT2D eigenvalue weighted by Gasteiger charge is 2.52. The van der Waals surface area contributed by atoms with Gasteiger partial charge in [0.1, 0.15) is 0 Å². The van der Waals surface area contributed by atoms with Crippen molar-refractivity contribution in [3.63, 3.8) is 0 Å². The van der Waals surface area contributed by atoms with Crippen LogP contribution in [0.1, 0.15) is 0 Å². The van der Waals surface area contributed by atoms with Crippen molar-refractivity contribution in [3.8, 4) is 0 Å². The van der Waals surface area contributed by atoms with Gasteiger partial charge in [0, 0.05) is 0 Å². The Morgan fingerprint density at radius 2 is 1.08 bits per heavy atom. The van der Waals surface area contributed by atoms with Gasteiger partial charge in [0.15, 0.2) is 0 Å². The molecule has 0 aromatic rings. The van der Waals surface area contributed by atoms with Gasteiger partial charge in [0.2, 0.25) is 0 Å². The van der Waals surface area contributed by atoms with Crippen LogP contribution in [0.3, 0.4) is 0 Å². The summed E-state index contributed by atoms with van der Waals surface area (Å²) in [6.07, 6.45) is -1.23. The van der Waals surface area contributed by atoms with Gasteiger partial charge in [0.25, 0.3) is 0 Å². The fourth-order valence-electron chi connectivity index (χ4n) is 1.14. The lowest BCUT2D eigenvalue weighted by atomic mass is 10.4. The summed E-state index contributed by atoms with van der Waals surface area (Å²) in [6.45, 7) is 0.676. The van der Waals surface area contributed by atoms with Crippen LogP contribution in [-0.4, -0.2) is 57.9 Å². The van der Waals surface area contributed by atoms with E-state index in [1.54, 1.807) is 0 Å². The smallest absolute Gasteiger partial charge is 0.388 e. The second-order valence-electron chi connectivity index (χ2n) is 3.05. The Balaban J connectivity index is 1.90. The summed E-state index contributed by atoms with van der Waals surface area (Å²) < 4.78 is 20.7. The Bertz CT molecular complexity index is 148. The Morgan fingerprint density at radius 1 is 0.769 bits per heavy atom. The van der Waals surface area contributed by atoms with Crippen molar-refractivity contribution in [1.82, 2.24) is 0 Å². The molecule has 2 rings (SSSR count). The van der Waals surface area contributed by atoms with Gasteiger partial charge in [0.05, 0.1) is 38.6 Å². The summed E-state index contributed by atoms with van der Waals surface area (Å²) in [5, 5.41) is 18.2. The molecule has 2 aliphatic heterocycles. The zero-order chi connectivity index (χ0) is 9.31. The first-order valence-electron chi connectivity index (χ1n) is 4.12. The third-order valence-corrected chi connectivity index (χ3v) is 3.89. The molecule has 0 unspecified atom stereocenters. The fourth-order valence-corrected chi connectivity index (χ4v) is 3.23. The maximum Gasteiger partial charge on any atom is 0.680 e. The van der Waals surface area contributed by atoms with Gasteiger partial charge in [-0.25, -0.2) is 0 Å². The molecule has 2 saturated heterocycles. The lowest BCUT2D eigenvalue weighted by molar-refractivity contribution is -0.144. The Labute approximate surface area is 76.5 Å². The van der Waals surface area contributed by atoms with Crippen LogP contribution in [-0.2, 0) is 17.7 Å². The van der Waals surface area contributed by atoms with Gasteiger partial charge in [-0.3, -0.25) is 0 Å². The molecule has 0 radical (unpaired) electrons. The minimum atomic E-state index is -2.97. The van der Waals surface area contributed by atoms with E-state index in [1.807, 2.05) is 0 Å². The molecule has 76 valence electrons. The molecule has 2 fully saturated rings. The van der Waals surface area contributed by atoms with Crippen molar-refractivity contribution in [1.29, 1.82) is 0 Å². The summed E-state index contributed by atoms with van der Waals surface area (Å²) in [6, 6.07) is 0. The summed E-state index contributed by atoms with van der Waals surface area (Å²) in [4.78, 5) is 0. The highest BCUT2D eigenvalue weighted by molar-refractivity contribution is 6.53. The first-order chi connectivity index (χ1) is 6.20. The van der Waals surface area contributed by atoms with Crippen molar-refractivity contribution in [2.45, 2.75) is 12.2 Å². The van der Waals surface area contributed by atoms with Crippen LogP contribution in [0.4, 0.5) is 0 Å². The minimum absolute atomic E-state index is 0.169. The van der Waals surface area contributed by atoms with Crippen LogP contribution in [0, 0.1) is 0 Å². The summed E-state index contributed by atoms with van der Waals surface area (Å²) in [7, 11) is -2.97. The molecule has 7 heteroatoms. The molecule has 0 atom stereocenters. The van der Waals surface area contributed by atoms with E-state index in [4.69, 9.17) is 27.9 Å². The standard InChI is InChI=1S/C6H12O6Si/c7-5-1-9-13(10-2-5)11-3-6(8)4-12-13/h5-8H,1-4H2. The molecule has 6 nitrogen and oxygen atoms in total. The molecule has 2 N–H and O–H groups in total. The van der Waals surface area contributed by atoms with Crippen LogP contribution in [0.15, 0.2) is 0 Å². The van der Waals surface area contributed by atoms with E-state index in [0.29, 0.717) is 0 Å². The monoisotopic (exact) mass is 208 g/mol. The number of aliphatic hydroxyl groups is 2. The van der Waals surface area contributed by atoms with Gasteiger partial charge in [-0.1, -0.05) is 0 Å². The molecule has 0 aliphatic carbocycles. The van der Waals surface area contributed by atoms with E-state index in [9.17, 15) is 0 Å². The van der Waals surface area contributed by atoms with Gasteiger partial charge >= 0.3 is 9.05 Å². The Kier molecular flexibility index (Phi) is 2.65.